The van der Waals surface area contributed by atoms with Crippen molar-refractivity contribution < 1.29 is 4.79 Å². The maximum absolute atomic E-state index is 13.0. The summed E-state index contributed by atoms with van der Waals surface area (Å²) in [6.45, 7) is 4.34. The predicted octanol–water partition coefficient (Wildman–Crippen LogP) is 5.41. The molecule has 1 N–H and O–H groups in total. The van der Waals surface area contributed by atoms with Crippen molar-refractivity contribution >= 4 is 28.8 Å². The highest BCUT2D eigenvalue weighted by Gasteiger charge is 2.18. The summed E-state index contributed by atoms with van der Waals surface area (Å²) in [5, 5.41) is 10.9. The maximum atomic E-state index is 13.0. The van der Waals surface area contributed by atoms with E-state index in [1.165, 1.54) is 11.3 Å². The van der Waals surface area contributed by atoms with Crippen LogP contribution >= 0.6 is 22.9 Å². The van der Waals surface area contributed by atoms with E-state index < -0.39 is 0 Å². The van der Waals surface area contributed by atoms with Crippen LogP contribution in [0.5, 0.6) is 0 Å². The van der Waals surface area contributed by atoms with E-state index in [1.807, 2.05) is 79.5 Å². The van der Waals surface area contributed by atoms with Crippen molar-refractivity contribution in [2.45, 2.75) is 20.4 Å². The number of halogens is 1. The fourth-order valence-corrected chi connectivity index (χ4v) is 4.58. The molecule has 1 amide bonds. The summed E-state index contributed by atoms with van der Waals surface area (Å²) in [5.74, 6) is -0.142. The van der Waals surface area contributed by atoms with E-state index in [0.717, 1.165) is 38.8 Å². The minimum Gasteiger partial charge on any atom is -0.346 e. The van der Waals surface area contributed by atoms with Gasteiger partial charge < -0.3 is 5.32 Å². The lowest BCUT2D eigenvalue weighted by Gasteiger charge is -2.11. The van der Waals surface area contributed by atoms with Crippen LogP contribution in [0.25, 0.3) is 21.8 Å². The van der Waals surface area contributed by atoms with Crippen molar-refractivity contribution in [1.82, 2.24) is 20.1 Å². The Kier molecular flexibility index (Phi) is 5.70. The quantitative estimate of drug-likeness (QED) is 0.455. The molecular formula is C23H21ClN4OS. The van der Waals surface area contributed by atoms with E-state index in [2.05, 4.69) is 15.4 Å². The van der Waals surface area contributed by atoms with Gasteiger partial charge in [-0.2, -0.15) is 5.10 Å². The van der Waals surface area contributed by atoms with E-state index >= 15 is 0 Å². The zero-order chi connectivity index (χ0) is 21.3. The minimum atomic E-state index is -0.142. The fourth-order valence-electron chi connectivity index (χ4n) is 3.44. The van der Waals surface area contributed by atoms with E-state index in [9.17, 15) is 4.79 Å². The van der Waals surface area contributed by atoms with Crippen LogP contribution in [0, 0.1) is 13.8 Å². The first-order valence-electron chi connectivity index (χ1n) is 9.53. The average Bonchev–Trinajstić information content (AvgIpc) is 3.30. The first kappa shape index (κ1) is 20.3. The molecule has 0 radical (unpaired) electrons. The molecule has 2 heterocycles. The number of carbonyl (C=O) groups excluding carboxylic acids is 1. The summed E-state index contributed by atoms with van der Waals surface area (Å²) in [4.78, 5) is 17.6. The summed E-state index contributed by atoms with van der Waals surface area (Å²) in [7, 11) is 1.90. The van der Waals surface area contributed by atoms with E-state index in [4.69, 9.17) is 11.6 Å². The third kappa shape index (κ3) is 3.88. The Bertz CT molecular complexity index is 1230. The zero-order valence-electron chi connectivity index (χ0n) is 16.9. The Hall–Kier alpha value is -2.96. The highest BCUT2D eigenvalue weighted by molar-refractivity contribution is 7.13. The second kappa shape index (κ2) is 8.42. The lowest BCUT2D eigenvalue weighted by molar-refractivity contribution is 0.0951. The average molecular weight is 437 g/mol. The summed E-state index contributed by atoms with van der Waals surface area (Å²) in [6.07, 6.45) is 0. The molecule has 0 bridgehead atoms. The molecule has 152 valence electrons. The van der Waals surface area contributed by atoms with Crippen molar-refractivity contribution in [3.05, 3.63) is 81.4 Å². The molecule has 0 aliphatic rings. The molecule has 0 spiro atoms. The van der Waals surface area contributed by atoms with Gasteiger partial charge in [-0.1, -0.05) is 48.0 Å². The second-order valence-corrected chi connectivity index (χ2v) is 8.30. The number of amides is 1. The van der Waals surface area contributed by atoms with Crippen LogP contribution in [-0.2, 0) is 13.6 Å². The van der Waals surface area contributed by atoms with Gasteiger partial charge in [0.1, 0.15) is 5.01 Å². The van der Waals surface area contributed by atoms with Crippen LogP contribution in [0.1, 0.15) is 27.3 Å². The number of nitrogens with zero attached hydrogens (tertiary/aromatic N) is 3. The number of hydrogen-bond donors (Lipinski definition) is 1. The van der Waals surface area contributed by atoms with Gasteiger partial charge in [-0.3, -0.25) is 9.48 Å². The first-order chi connectivity index (χ1) is 14.5. The largest absolute Gasteiger partial charge is 0.346 e. The van der Waals surface area contributed by atoms with Crippen molar-refractivity contribution in [2.24, 2.45) is 7.05 Å². The van der Waals surface area contributed by atoms with Gasteiger partial charge in [0.2, 0.25) is 0 Å². The van der Waals surface area contributed by atoms with Crippen LogP contribution in [0.2, 0.25) is 5.02 Å². The molecule has 0 atom stereocenters. The number of thiazole rings is 1. The normalized spacial score (nSPS) is 10.9. The number of rotatable bonds is 5. The molecule has 2 aromatic carbocycles. The molecule has 0 aliphatic carbocycles. The van der Waals surface area contributed by atoms with Crippen LogP contribution in [0.4, 0.5) is 0 Å². The van der Waals surface area contributed by atoms with Gasteiger partial charge in [0.25, 0.3) is 5.91 Å². The SMILES string of the molecule is Cc1nn(C)c(-c2ccccc2C(=O)NCc2csc(-c3ccccc3Cl)n2)c1C. The number of nitrogens with one attached hydrogen (secondary N) is 1. The highest BCUT2D eigenvalue weighted by Crippen LogP contribution is 2.30. The lowest BCUT2D eigenvalue weighted by Crippen LogP contribution is -2.23. The standard InChI is InChI=1S/C23H21ClN4OS/c1-14-15(2)27-28(3)21(14)17-8-4-5-9-18(17)22(29)25-12-16-13-30-23(26-16)19-10-6-7-11-20(19)24/h4-11,13H,12H2,1-3H3,(H,25,29). The number of aromatic nitrogens is 3. The smallest absolute Gasteiger partial charge is 0.252 e. The minimum absolute atomic E-state index is 0.142. The number of benzene rings is 2. The molecule has 7 heteroatoms. The maximum Gasteiger partial charge on any atom is 0.252 e. The summed E-state index contributed by atoms with van der Waals surface area (Å²) >= 11 is 7.78. The van der Waals surface area contributed by atoms with Gasteiger partial charge in [-0.05, 0) is 31.5 Å². The van der Waals surface area contributed by atoms with E-state index in [-0.39, 0.29) is 5.91 Å². The Morgan fingerprint density at radius 1 is 1.10 bits per heavy atom. The zero-order valence-corrected chi connectivity index (χ0v) is 18.5. The summed E-state index contributed by atoms with van der Waals surface area (Å²) < 4.78 is 1.83. The van der Waals surface area contributed by atoms with Crippen molar-refractivity contribution in [2.75, 3.05) is 0 Å². The van der Waals surface area contributed by atoms with Gasteiger partial charge in [0, 0.05) is 29.1 Å². The Morgan fingerprint density at radius 2 is 1.80 bits per heavy atom. The molecule has 4 rings (SSSR count). The number of carbonyl (C=O) groups is 1. The van der Waals surface area contributed by atoms with Gasteiger partial charge in [0.05, 0.1) is 28.6 Å². The molecule has 0 saturated carbocycles. The molecule has 0 unspecified atom stereocenters. The molecule has 0 saturated heterocycles. The lowest BCUT2D eigenvalue weighted by atomic mass is 10.0. The van der Waals surface area contributed by atoms with Crippen molar-refractivity contribution in [3.63, 3.8) is 0 Å². The summed E-state index contributed by atoms with van der Waals surface area (Å²) in [6, 6.07) is 15.2. The van der Waals surface area contributed by atoms with Gasteiger partial charge in [-0.15, -0.1) is 11.3 Å². The Morgan fingerprint density at radius 3 is 2.50 bits per heavy atom. The van der Waals surface area contributed by atoms with Crippen LogP contribution in [0.3, 0.4) is 0 Å². The highest BCUT2D eigenvalue weighted by atomic mass is 35.5. The molecular weight excluding hydrogens is 416 g/mol. The predicted molar refractivity (Wildman–Crippen MR) is 122 cm³/mol. The number of hydrogen-bond acceptors (Lipinski definition) is 4. The monoisotopic (exact) mass is 436 g/mol. The third-order valence-corrected chi connectivity index (χ3v) is 6.29. The number of aryl methyl sites for hydroxylation is 2. The molecule has 30 heavy (non-hydrogen) atoms. The summed E-state index contributed by atoms with van der Waals surface area (Å²) in [5.41, 5.74) is 6.16. The Balaban J connectivity index is 1.54. The molecule has 5 nitrogen and oxygen atoms in total. The Labute approximate surface area is 184 Å². The topological polar surface area (TPSA) is 59.8 Å². The molecule has 0 fully saturated rings. The first-order valence-corrected chi connectivity index (χ1v) is 10.8. The van der Waals surface area contributed by atoms with Gasteiger partial charge in [-0.25, -0.2) is 4.98 Å². The van der Waals surface area contributed by atoms with Crippen LogP contribution < -0.4 is 5.32 Å². The van der Waals surface area contributed by atoms with Crippen LogP contribution in [-0.4, -0.2) is 20.7 Å². The van der Waals surface area contributed by atoms with Gasteiger partial charge >= 0.3 is 0 Å². The van der Waals surface area contributed by atoms with Crippen molar-refractivity contribution in [3.8, 4) is 21.8 Å². The molecule has 2 aromatic heterocycles. The third-order valence-electron chi connectivity index (χ3n) is 5.03. The van der Waals surface area contributed by atoms with Crippen molar-refractivity contribution in [1.29, 1.82) is 0 Å². The fraction of sp³-hybridized carbons (Fsp3) is 0.174. The van der Waals surface area contributed by atoms with Gasteiger partial charge in [0.15, 0.2) is 0 Å². The van der Waals surface area contributed by atoms with E-state index in [1.54, 1.807) is 0 Å². The van der Waals surface area contributed by atoms with Crippen LogP contribution in [0.15, 0.2) is 53.9 Å². The molecule has 0 aliphatic heterocycles. The molecule has 4 aromatic rings. The van der Waals surface area contributed by atoms with E-state index in [0.29, 0.717) is 17.1 Å². The second-order valence-electron chi connectivity index (χ2n) is 7.03.